The molecule has 1 N–H and O–H groups in total. The Bertz CT molecular complexity index is 641. The Balaban J connectivity index is 1.58. The summed E-state index contributed by atoms with van der Waals surface area (Å²) in [5.74, 6) is 0.354. The molecule has 1 aliphatic heterocycles. The molecule has 0 unspecified atom stereocenters. The smallest absolute Gasteiger partial charge is 0.252 e. The number of nitrogens with one attached hydrogen (secondary N) is 1. The Kier molecular flexibility index (Phi) is 4.56. The number of carbonyl (C=O) groups excluding carboxylic acids is 1. The Morgan fingerprint density at radius 3 is 2.50 bits per heavy atom. The van der Waals surface area contributed by atoms with Crippen molar-refractivity contribution in [3.05, 3.63) is 17.0 Å². The lowest BCUT2D eigenvalue weighted by Crippen LogP contribution is -2.46. The van der Waals surface area contributed by atoms with Crippen LogP contribution >= 0.6 is 11.3 Å². The van der Waals surface area contributed by atoms with Crippen LogP contribution in [0.1, 0.15) is 37.5 Å². The van der Waals surface area contributed by atoms with Crippen LogP contribution < -0.4 is 5.32 Å². The summed E-state index contributed by atoms with van der Waals surface area (Å²) in [6.45, 7) is 2.99. The number of hydrogen-bond donors (Lipinski definition) is 1. The molecule has 1 saturated carbocycles. The summed E-state index contributed by atoms with van der Waals surface area (Å²) < 4.78 is 27.2. The highest BCUT2D eigenvalue weighted by Crippen LogP contribution is 2.30. The number of thiophene rings is 1. The van der Waals surface area contributed by atoms with Gasteiger partial charge in [0.1, 0.15) is 4.21 Å². The van der Waals surface area contributed by atoms with Gasteiger partial charge in [0.2, 0.25) is 5.91 Å². The minimum Gasteiger partial charge on any atom is -0.353 e. The predicted octanol–water partition coefficient (Wildman–Crippen LogP) is 1.99. The van der Waals surface area contributed by atoms with Crippen LogP contribution in [0.2, 0.25) is 0 Å². The molecule has 3 rings (SSSR count). The van der Waals surface area contributed by atoms with Gasteiger partial charge in [-0.2, -0.15) is 4.31 Å². The van der Waals surface area contributed by atoms with Crippen LogP contribution in [-0.4, -0.2) is 37.8 Å². The van der Waals surface area contributed by atoms with Crippen molar-refractivity contribution in [3.8, 4) is 0 Å². The van der Waals surface area contributed by atoms with E-state index in [9.17, 15) is 13.2 Å². The Morgan fingerprint density at radius 1 is 1.27 bits per heavy atom. The highest BCUT2D eigenvalue weighted by molar-refractivity contribution is 7.91. The first-order valence-electron chi connectivity index (χ1n) is 7.90. The van der Waals surface area contributed by atoms with Crippen LogP contribution in [0.4, 0.5) is 0 Å². The number of aryl methyl sites for hydroxylation is 1. The van der Waals surface area contributed by atoms with Crippen molar-refractivity contribution in [3.63, 3.8) is 0 Å². The van der Waals surface area contributed by atoms with Crippen LogP contribution in [0.3, 0.4) is 0 Å². The summed E-state index contributed by atoms with van der Waals surface area (Å²) in [6, 6.07) is 3.72. The van der Waals surface area contributed by atoms with E-state index >= 15 is 0 Å². The standard InChI is InChI=1S/C15H22N2O3S2/c1-2-13-5-6-14(21-13)22(19,20)17-9-7-12(8-10-17)16-15(18)11-3-4-11/h5-6,11-12H,2-4,7-10H2,1H3,(H,16,18). The van der Waals surface area contributed by atoms with E-state index in [0.717, 1.165) is 24.1 Å². The molecule has 1 amide bonds. The third-order valence-corrected chi connectivity index (χ3v) is 7.92. The normalized spacial score (nSPS) is 21.0. The van der Waals surface area contributed by atoms with E-state index in [-0.39, 0.29) is 17.9 Å². The molecule has 0 aromatic carbocycles. The first kappa shape index (κ1) is 16.0. The predicted molar refractivity (Wildman–Crippen MR) is 86.3 cm³/mol. The zero-order valence-corrected chi connectivity index (χ0v) is 14.4. The van der Waals surface area contributed by atoms with Gasteiger partial charge in [-0.1, -0.05) is 6.92 Å². The van der Waals surface area contributed by atoms with Gasteiger partial charge in [-0.15, -0.1) is 11.3 Å². The molecule has 122 valence electrons. The van der Waals surface area contributed by atoms with E-state index in [1.54, 1.807) is 10.4 Å². The topological polar surface area (TPSA) is 66.5 Å². The van der Waals surface area contributed by atoms with Crippen molar-refractivity contribution in [1.29, 1.82) is 0 Å². The third-order valence-electron chi connectivity index (χ3n) is 4.33. The Labute approximate surface area is 135 Å². The van der Waals surface area contributed by atoms with Crippen LogP contribution in [0, 0.1) is 5.92 Å². The van der Waals surface area contributed by atoms with Gasteiger partial charge in [0.15, 0.2) is 0 Å². The molecule has 1 aromatic rings. The summed E-state index contributed by atoms with van der Waals surface area (Å²) in [4.78, 5) is 12.9. The van der Waals surface area contributed by atoms with Gasteiger partial charge in [-0.25, -0.2) is 8.42 Å². The fourth-order valence-corrected chi connectivity index (χ4v) is 5.64. The van der Waals surface area contributed by atoms with Crippen molar-refractivity contribution >= 4 is 27.3 Å². The zero-order chi connectivity index (χ0) is 15.7. The maximum atomic E-state index is 12.6. The molecular weight excluding hydrogens is 320 g/mol. The van der Waals surface area contributed by atoms with E-state index in [2.05, 4.69) is 5.32 Å². The van der Waals surface area contributed by atoms with Crippen molar-refractivity contribution < 1.29 is 13.2 Å². The maximum absolute atomic E-state index is 12.6. The van der Waals surface area contributed by atoms with Gasteiger partial charge >= 0.3 is 0 Å². The van der Waals surface area contributed by atoms with E-state index in [0.29, 0.717) is 30.1 Å². The number of nitrogens with zero attached hydrogens (tertiary/aromatic N) is 1. The number of amides is 1. The van der Waals surface area contributed by atoms with Gasteiger partial charge in [0, 0.05) is 29.9 Å². The summed E-state index contributed by atoms with van der Waals surface area (Å²) in [5.41, 5.74) is 0. The fraction of sp³-hybridized carbons (Fsp3) is 0.667. The van der Waals surface area contributed by atoms with E-state index < -0.39 is 10.0 Å². The van der Waals surface area contributed by atoms with Gasteiger partial charge in [-0.3, -0.25) is 4.79 Å². The van der Waals surface area contributed by atoms with Crippen LogP contribution in [0.25, 0.3) is 0 Å². The Hall–Kier alpha value is -0.920. The second-order valence-electron chi connectivity index (χ2n) is 6.04. The average Bonchev–Trinajstić information content (AvgIpc) is 3.25. The quantitative estimate of drug-likeness (QED) is 0.890. The lowest BCUT2D eigenvalue weighted by Gasteiger charge is -2.31. The molecule has 0 bridgehead atoms. The second-order valence-corrected chi connectivity index (χ2v) is 9.37. The SMILES string of the molecule is CCc1ccc(S(=O)(=O)N2CCC(NC(=O)C3CC3)CC2)s1. The number of carbonyl (C=O) groups is 1. The van der Waals surface area contributed by atoms with Crippen molar-refractivity contribution in [2.24, 2.45) is 5.92 Å². The number of rotatable bonds is 5. The molecule has 22 heavy (non-hydrogen) atoms. The average molecular weight is 342 g/mol. The summed E-state index contributed by atoms with van der Waals surface area (Å²) in [7, 11) is -3.37. The van der Waals surface area contributed by atoms with Crippen molar-refractivity contribution in [1.82, 2.24) is 9.62 Å². The molecule has 2 fully saturated rings. The van der Waals surface area contributed by atoms with Crippen LogP contribution in [0.5, 0.6) is 0 Å². The summed E-state index contributed by atoms with van der Waals surface area (Å²) in [5, 5.41) is 3.05. The van der Waals surface area contributed by atoms with Crippen LogP contribution in [0.15, 0.2) is 16.3 Å². The van der Waals surface area contributed by atoms with Crippen molar-refractivity contribution in [2.45, 2.75) is 49.3 Å². The molecule has 0 radical (unpaired) electrons. The molecule has 2 aliphatic rings. The van der Waals surface area contributed by atoms with Gasteiger partial charge in [0.05, 0.1) is 0 Å². The lowest BCUT2D eigenvalue weighted by molar-refractivity contribution is -0.123. The molecular formula is C15H22N2O3S2. The first-order valence-corrected chi connectivity index (χ1v) is 10.2. The molecule has 1 saturated heterocycles. The Morgan fingerprint density at radius 2 is 1.95 bits per heavy atom. The first-order chi connectivity index (χ1) is 10.5. The molecule has 0 atom stereocenters. The molecule has 0 spiro atoms. The monoisotopic (exact) mass is 342 g/mol. The number of sulfonamides is 1. The molecule has 1 aliphatic carbocycles. The van der Waals surface area contributed by atoms with Gasteiger partial charge in [0.25, 0.3) is 10.0 Å². The summed E-state index contributed by atoms with van der Waals surface area (Å²) in [6.07, 6.45) is 4.25. The largest absolute Gasteiger partial charge is 0.353 e. The van der Waals surface area contributed by atoms with Gasteiger partial charge in [-0.05, 0) is 44.2 Å². The fourth-order valence-electron chi connectivity index (χ4n) is 2.72. The zero-order valence-electron chi connectivity index (χ0n) is 12.7. The molecule has 1 aromatic heterocycles. The minimum atomic E-state index is -3.37. The van der Waals surface area contributed by atoms with E-state index in [1.165, 1.54) is 11.3 Å². The molecule has 7 heteroatoms. The minimum absolute atomic E-state index is 0.120. The van der Waals surface area contributed by atoms with Gasteiger partial charge < -0.3 is 5.32 Å². The lowest BCUT2D eigenvalue weighted by atomic mass is 10.1. The maximum Gasteiger partial charge on any atom is 0.252 e. The number of hydrogen-bond acceptors (Lipinski definition) is 4. The second kappa shape index (κ2) is 6.29. The van der Waals surface area contributed by atoms with Crippen molar-refractivity contribution in [2.75, 3.05) is 13.1 Å². The van der Waals surface area contributed by atoms with Crippen LogP contribution in [-0.2, 0) is 21.2 Å². The highest BCUT2D eigenvalue weighted by Gasteiger charge is 2.34. The highest BCUT2D eigenvalue weighted by atomic mass is 32.2. The third kappa shape index (κ3) is 3.36. The molecule has 5 nitrogen and oxygen atoms in total. The van der Waals surface area contributed by atoms with E-state index in [1.807, 2.05) is 13.0 Å². The number of piperidine rings is 1. The van der Waals surface area contributed by atoms with E-state index in [4.69, 9.17) is 0 Å². The molecule has 2 heterocycles. The summed E-state index contributed by atoms with van der Waals surface area (Å²) >= 11 is 1.36.